The fourth-order valence-corrected chi connectivity index (χ4v) is 9.51. The number of nitrogens with two attached hydrogens (primary N) is 4. The number of carbonyl (C=O) groups is 16. The van der Waals surface area contributed by atoms with Crippen LogP contribution in [0, 0.1) is 17.8 Å². The highest BCUT2D eigenvalue weighted by molar-refractivity contribution is 6.02. The van der Waals surface area contributed by atoms with Crippen molar-refractivity contribution < 1.29 is 81.8 Å². The lowest BCUT2D eigenvalue weighted by molar-refractivity contribution is -0.141. The molecule has 0 fully saturated rings. The average Bonchev–Trinajstić information content (AvgIpc) is 0.823. The van der Waals surface area contributed by atoms with Crippen molar-refractivity contribution in [3.63, 3.8) is 0 Å². The van der Waals surface area contributed by atoms with Crippen LogP contribution in [0.5, 0.6) is 0 Å². The first kappa shape index (κ1) is 89.7. The van der Waals surface area contributed by atoms with Gasteiger partial charge in [-0.1, -0.05) is 78.3 Å². The van der Waals surface area contributed by atoms with Gasteiger partial charge in [-0.3, -0.25) is 76.7 Å². The largest absolute Gasteiger partial charge is 0.394 e. The van der Waals surface area contributed by atoms with E-state index in [2.05, 4.69) is 69.1 Å². The molecule has 34 heteroatoms. The molecule has 0 unspecified atom stereocenters. The molecular weight excluding hydrogens is 1310 g/mol. The molecule has 0 aliphatic carbocycles. The lowest BCUT2D eigenvalue weighted by Gasteiger charge is -2.35. The van der Waals surface area contributed by atoms with E-state index in [9.17, 15) is 81.8 Å². The van der Waals surface area contributed by atoms with Crippen LogP contribution in [0.4, 0.5) is 0 Å². The summed E-state index contributed by atoms with van der Waals surface area (Å²) in [6.07, 6.45) is -1.04. The van der Waals surface area contributed by atoms with Crippen LogP contribution >= 0.6 is 0 Å². The predicted molar refractivity (Wildman–Crippen MR) is 372 cm³/mol. The minimum atomic E-state index is -1.87. The van der Waals surface area contributed by atoms with Crippen molar-refractivity contribution in [3.05, 3.63) is 35.9 Å². The molecule has 1 aromatic rings. The van der Waals surface area contributed by atoms with E-state index < -0.39 is 201 Å². The number of rotatable bonds is 43. The maximum absolute atomic E-state index is 14.1. The highest BCUT2D eigenvalue weighted by Crippen LogP contribution is 2.18. The molecule has 101 heavy (non-hydrogen) atoms. The Balaban J connectivity index is 3.17. The molecule has 34 nitrogen and oxygen atoms in total. The van der Waals surface area contributed by atoms with Crippen molar-refractivity contribution in [2.75, 3.05) is 13.2 Å². The minimum Gasteiger partial charge on any atom is -0.394 e. The van der Waals surface area contributed by atoms with Crippen LogP contribution in [0.3, 0.4) is 0 Å². The predicted octanol–water partition coefficient (Wildman–Crippen LogP) is -3.51. The van der Waals surface area contributed by atoms with E-state index in [1.165, 1.54) is 83.1 Å². The lowest BCUT2D eigenvalue weighted by atomic mass is 9.94. The van der Waals surface area contributed by atoms with Crippen LogP contribution in [-0.2, 0) is 83.1 Å². The average molecular weight is 1430 g/mol. The van der Waals surface area contributed by atoms with Gasteiger partial charge in [-0.05, 0) is 139 Å². The molecule has 0 saturated carbocycles. The smallest absolute Gasteiger partial charge is 0.246 e. The Hall–Kier alpha value is -9.34. The molecule has 568 valence electrons. The Kier molecular flexibility index (Phi) is 34.6. The summed E-state index contributed by atoms with van der Waals surface area (Å²) in [5, 5.41) is 43.3. The second kappa shape index (κ2) is 39.0. The zero-order chi connectivity index (χ0) is 78.1. The van der Waals surface area contributed by atoms with Crippen LogP contribution in [-0.4, -0.2) is 188 Å². The van der Waals surface area contributed by atoms with Crippen molar-refractivity contribution in [2.45, 2.75) is 258 Å². The van der Waals surface area contributed by atoms with Gasteiger partial charge in [-0.15, -0.1) is 0 Å². The third-order valence-corrected chi connectivity index (χ3v) is 16.3. The van der Waals surface area contributed by atoms with Crippen LogP contribution in [0.2, 0.25) is 0 Å². The number of carbonyl (C=O) groups excluding carboxylic acids is 16. The van der Waals surface area contributed by atoms with Crippen LogP contribution in [0.1, 0.15) is 182 Å². The molecule has 22 N–H and O–H groups in total. The summed E-state index contributed by atoms with van der Waals surface area (Å²) in [5.41, 5.74) is 12.0. The topological polar surface area (TPSA) is 554 Å². The molecule has 0 aromatic heterocycles. The summed E-state index contributed by atoms with van der Waals surface area (Å²) in [4.78, 5) is 214. The van der Waals surface area contributed by atoms with Crippen molar-refractivity contribution in [3.8, 4) is 0 Å². The normalized spacial score (nSPS) is 14.4. The molecule has 0 heterocycles. The molecule has 0 aliphatic heterocycles. The number of aliphatic hydroxyl groups excluding tert-OH is 1. The summed E-state index contributed by atoms with van der Waals surface area (Å²) in [7, 11) is 0. The highest BCUT2D eigenvalue weighted by Gasteiger charge is 2.44. The molecular formula is C67H113N17O17. The quantitative estimate of drug-likeness (QED) is 0.0301. The van der Waals surface area contributed by atoms with E-state index in [4.69, 9.17) is 22.9 Å². The number of aliphatic hydroxyl groups is 1. The number of primary amides is 3. The van der Waals surface area contributed by atoms with E-state index in [0.717, 1.165) is 5.56 Å². The van der Waals surface area contributed by atoms with Gasteiger partial charge in [0.2, 0.25) is 94.5 Å². The minimum absolute atomic E-state index is 0.0476. The molecule has 0 spiro atoms. The molecule has 16 amide bonds. The summed E-state index contributed by atoms with van der Waals surface area (Å²) < 4.78 is 0. The van der Waals surface area contributed by atoms with Gasteiger partial charge in [0.15, 0.2) is 0 Å². The Morgan fingerprint density at radius 2 is 0.812 bits per heavy atom. The van der Waals surface area contributed by atoms with E-state index >= 15 is 0 Å². The highest BCUT2D eigenvalue weighted by atomic mass is 16.3. The van der Waals surface area contributed by atoms with Gasteiger partial charge in [0.1, 0.15) is 63.4 Å². The van der Waals surface area contributed by atoms with Crippen molar-refractivity contribution in [1.29, 1.82) is 0 Å². The van der Waals surface area contributed by atoms with Crippen molar-refractivity contribution in [2.24, 2.45) is 40.7 Å². The first-order chi connectivity index (χ1) is 46.2. The van der Waals surface area contributed by atoms with Gasteiger partial charge in [-0.25, -0.2) is 0 Å². The first-order valence-corrected chi connectivity index (χ1v) is 33.6. The standard InChI is InChI=1S/C67H113N17O17/c1-19-37(6)49(78-58(98)63(9,10)79-50(90)40(68)25-28-44(69)86)55(95)82-62(7,8)56(96)72-33-47(89)74-43(31-35(2)3)53(93)80-66(15,16)60(100)84-65(13,14)59(99)77-48(36(4)5)54(94)81-67(17,18)61(101)83-64(11,12)57(97)76-42(27-30-46(71)88)52(92)75-41(26-29-45(70)87)51(91)73-39(34-85)32-38-23-21-20-22-24-38/h20-24,35-37,39-43,48-49,85H,19,25-34,68H2,1-18H3,(H2,69,86)(H2,70,87)(H2,71,88)(H,72,96)(H,73,91)(H,74,89)(H,75,92)(H,76,97)(H,77,99)(H,78,98)(H,79,90)(H,80,93)(H,81,94)(H,82,95)(H,83,101)(H,84,100)/t37-,39-,40-,41-,42-,43-,48-,49-/m0/s1. The summed E-state index contributed by atoms with van der Waals surface area (Å²) in [6, 6.07) is 0.0823. The molecule has 0 radical (unpaired) electrons. The number of hydrogen-bond acceptors (Lipinski definition) is 18. The Labute approximate surface area is 591 Å². The monoisotopic (exact) mass is 1430 g/mol. The van der Waals surface area contributed by atoms with Crippen LogP contribution in [0.15, 0.2) is 30.3 Å². The van der Waals surface area contributed by atoms with Crippen LogP contribution < -0.4 is 92.1 Å². The van der Waals surface area contributed by atoms with Gasteiger partial charge in [0.05, 0.1) is 25.2 Å². The number of nitrogens with one attached hydrogen (secondary N) is 13. The van der Waals surface area contributed by atoms with E-state index in [1.54, 1.807) is 71.9 Å². The maximum atomic E-state index is 14.1. The van der Waals surface area contributed by atoms with E-state index in [1.807, 2.05) is 0 Å². The zero-order valence-corrected chi connectivity index (χ0v) is 61.7. The first-order valence-electron chi connectivity index (χ1n) is 33.6. The Morgan fingerprint density at radius 1 is 0.426 bits per heavy atom. The fraction of sp³-hybridized carbons (Fsp3) is 0.672. The summed E-state index contributed by atoms with van der Waals surface area (Å²) in [6.45, 7) is 24.9. The van der Waals surface area contributed by atoms with E-state index in [0.29, 0.717) is 6.42 Å². The number of hydrogen-bond donors (Lipinski definition) is 18. The molecule has 8 atom stereocenters. The van der Waals surface area contributed by atoms with Crippen molar-refractivity contribution in [1.82, 2.24) is 69.1 Å². The molecule has 0 bridgehead atoms. The SMILES string of the molecule is CC[C@H](C)[C@H](NC(=O)C(C)(C)NC(=O)[C@@H](N)CCC(N)=O)C(=O)NC(C)(C)C(=O)NCC(=O)N[C@@H](CC(C)C)C(=O)NC(C)(C)C(=O)NC(C)(C)C(=O)N[C@H](C(=O)NC(C)(C)C(=O)NC(C)(C)C(=O)N[C@@H](CCC(N)=O)C(=O)N[C@@H](CCC(N)=O)C(=O)N[C@H](CO)Cc1ccccc1)C(C)C. The molecule has 0 aliphatic rings. The summed E-state index contributed by atoms with van der Waals surface area (Å²) in [5.74, 6) is -14.7. The van der Waals surface area contributed by atoms with Gasteiger partial charge < -0.3 is 97.2 Å². The van der Waals surface area contributed by atoms with E-state index in [-0.39, 0.29) is 50.9 Å². The van der Waals surface area contributed by atoms with Gasteiger partial charge >= 0.3 is 0 Å². The number of benzene rings is 1. The van der Waals surface area contributed by atoms with Gasteiger partial charge in [0, 0.05) is 19.3 Å². The molecule has 1 aromatic carbocycles. The maximum Gasteiger partial charge on any atom is 0.246 e. The third-order valence-electron chi connectivity index (χ3n) is 16.3. The summed E-state index contributed by atoms with van der Waals surface area (Å²) >= 11 is 0. The third kappa shape index (κ3) is 30.6. The Bertz CT molecular complexity index is 3150. The second-order valence-corrected chi connectivity index (χ2v) is 29.4. The van der Waals surface area contributed by atoms with Crippen LogP contribution in [0.25, 0.3) is 0 Å². The zero-order valence-electron chi connectivity index (χ0n) is 61.7. The lowest BCUT2D eigenvalue weighted by Crippen LogP contribution is -2.67. The van der Waals surface area contributed by atoms with Crippen molar-refractivity contribution >= 4 is 94.5 Å². The van der Waals surface area contributed by atoms with Gasteiger partial charge in [-0.2, -0.15) is 0 Å². The van der Waals surface area contributed by atoms with Gasteiger partial charge in [0.25, 0.3) is 0 Å². The fourth-order valence-electron chi connectivity index (χ4n) is 9.51. The second-order valence-electron chi connectivity index (χ2n) is 29.4. The Morgan fingerprint density at radius 3 is 1.26 bits per heavy atom. The number of amides is 16. The molecule has 0 saturated heterocycles. The molecule has 1 rings (SSSR count).